The topological polar surface area (TPSA) is 87.5 Å². The standard InChI is InChI=1S/C7H5N3O3/c11-6(12)4-2-1-3-5-8-9-7(13)10(4)5/h1-3H,(H,9,13)(H,11,12). The number of hydrogen-bond acceptors (Lipinski definition) is 3. The van der Waals surface area contributed by atoms with Gasteiger partial charge in [0.05, 0.1) is 0 Å². The number of fused-ring (bicyclic) bond motifs is 1. The van der Waals surface area contributed by atoms with Crippen molar-refractivity contribution in [1.82, 2.24) is 14.6 Å². The van der Waals surface area contributed by atoms with E-state index in [0.717, 1.165) is 4.40 Å². The van der Waals surface area contributed by atoms with E-state index in [2.05, 4.69) is 10.2 Å². The summed E-state index contributed by atoms with van der Waals surface area (Å²) in [6.07, 6.45) is 0. The van der Waals surface area contributed by atoms with E-state index < -0.39 is 11.7 Å². The predicted molar refractivity (Wildman–Crippen MR) is 42.8 cm³/mol. The third-order valence-electron chi connectivity index (χ3n) is 1.66. The molecule has 6 nitrogen and oxygen atoms in total. The first-order valence-corrected chi connectivity index (χ1v) is 3.49. The molecule has 0 aromatic carbocycles. The van der Waals surface area contributed by atoms with Crippen molar-refractivity contribution in [3.05, 3.63) is 34.4 Å². The van der Waals surface area contributed by atoms with Crippen molar-refractivity contribution in [1.29, 1.82) is 0 Å². The van der Waals surface area contributed by atoms with E-state index in [0.29, 0.717) is 5.65 Å². The molecule has 13 heavy (non-hydrogen) atoms. The highest BCUT2D eigenvalue weighted by molar-refractivity contribution is 5.86. The first-order chi connectivity index (χ1) is 6.20. The lowest BCUT2D eigenvalue weighted by atomic mass is 10.3. The van der Waals surface area contributed by atoms with Gasteiger partial charge in [-0.25, -0.2) is 19.1 Å². The molecule has 2 heterocycles. The van der Waals surface area contributed by atoms with Gasteiger partial charge in [0.1, 0.15) is 5.69 Å². The van der Waals surface area contributed by atoms with Gasteiger partial charge in [0.15, 0.2) is 5.65 Å². The summed E-state index contributed by atoms with van der Waals surface area (Å²) in [5, 5.41) is 14.5. The summed E-state index contributed by atoms with van der Waals surface area (Å²) in [6.45, 7) is 0. The van der Waals surface area contributed by atoms with Crippen LogP contribution < -0.4 is 5.69 Å². The minimum Gasteiger partial charge on any atom is -0.477 e. The van der Waals surface area contributed by atoms with Gasteiger partial charge < -0.3 is 5.11 Å². The van der Waals surface area contributed by atoms with Crippen LogP contribution in [0.15, 0.2) is 23.0 Å². The number of carboxylic acids is 1. The zero-order valence-electron chi connectivity index (χ0n) is 6.39. The third kappa shape index (κ3) is 0.994. The van der Waals surface area contributed by atoms with Crippen molar-refractivity contribution in [3.8, 4) is 0 Å². The molecule has 0 unspecified atom stereocenters. The maximum Gasteiger partial charge on any atom is 0.353 e. The van der Waals surface area contributed by atoms with Crippen LogP contribution in [-0.4, -0.2) is 25.7 Å². The molecule has 0 saturated carbocycles. The van der Waals surface area contributed by atoms with E-state index >= 15 is 0 Å². The first kappa shape index (κ1) is 7.53. The molecule has 0 saturated heterocycles. The van der Waals surface area contributed by atoms with E-state index in [4.69, 9.17) is 5.11 Å². The molecule has 0 atom stereocenters. The fraction of sp³-hybridized carbons (Fsp3) is 0. The molecule has 0 aliphatic rings. The Bertz CT molecular complexity index is 525. The van der Waals surface area contributed by atoms with Gasteiger partial charge in [-0.1, -0.05) is 6.07 Å². The number of carboxylic acid groups (broad SMARTS) is 1. The van der Waals surface area contributed by atoms with E-state index in [9.17, 15) is 9.59 Å². The Labute approximate surface area is 71.4 Å². The molecular weight excluding hydrogens is 174 g/mol. The highest BCUT2D eigenvalue weighted by Crippen LogP contribution is 2.00. The Kier molecular flexibility index (Phi) is 1.42. The average Bonchev–Trinajstić information content (AvgIpc) is 2.48. The molecule has 0 aliphatic carbocycles. The molecule has 0 aliphatic heterocycles. The van der Waals surface area contributed by atoms with Crippen molar-refractivity contribution in [2.45, 2.75) is 0 Å². The van der Waals surface area contributed by atoms with Crippen LogP contribution in [0, 0.1) is 0 Å². The molecule has 0 spiro atoms. The SMILES string of the molecule is O=C(O)c1cccc2n[nH]c(=O)n12. The van der Waals surface area contributed by atoms with Gasteiger partial charge in [0.2, 0.25) is 0 Å². The van der Waals surface area contributed by atoms with Gasteiger partial charge >= 0.3 is 11.7 Å². The minimum absolute atomic E-state index is 0.101. The smallest absolute Gasteiger partial charge is 0.353 e. The van der Waals surface area contributed by atoms with Gasteiger partial charge in [-0.2, -0.15) is 5.10 Å². The Balaban J connectivity index is 2.96. The quantitative estimate of drug-likeness (QED) is 0.630. The van der Waals surface area contributed by atoms with Crippen LogP contribution in [0.25, 0.3) is 5.65 Å². The number of hydrogen-bond donors (Lipinski definition) is 2. The largest absolute Gasteiger partial charge is 0.477 e. The number of aromatic carboxylic acids is 1. The van der Waals surface area contributed by atoms with Crippen molar-refractivity contribution >= 4 is 11.6 Å². The third-order valence-corrected chi connectivity index (χ3v) is 1.66. The molecule has 2 N–H and O–H groups in total. The molecule has 0 bridgehead atoms. The number of carbonyl (C=O) groups is 1. The van der Waals surface area contributed by atoms with Crippen LogP contribution in [-0.2, 0) is 0 Å². The summed E-state index contributed by atoms with van der Waals surface area (Å²) in [4.78, 5) is 21.7. The molecule has 2 rings (SSSR count). The number of nitrogens with one attached hydrogen (secondary N) is 1. The highest BCUT2D eigenvalue weighted by Gasteiger charge is 2.10. The maximum atomic E-state index is 11.1. The fourth-order valence-corrected chi connectivity index (χ4v) is 1.12. The number of nitrogens with zero attached hydrogens (tertiary/aromatic N) is 2. The lowest BCUT2D eigenvalue weighted by molar-refractivity contribution is 0.0688. The number of pyridine rings is 1. The molecule has 66 valence electrons. The predicted octanol–water partition coefficient (Wildman–Crippen LogP) is -0.279. The first-order valence-electron chi connectivity index (χ1n) is 3.49. The Hall–Kier alpha value is -2.11. The van der Waals surface area contributed by atoms with Gasteiger partial charge in [-0.15, -0.1) is 0 Å². The molecule has 6 heteroatoms. The van der Waals surface area contributed by atoms with Crippen molar-refractivity contribution < 1.29 is 9.90 Å². The zero-order chi connectivity index (χ0) is 9.42. The molecule has 2 aromatic heterocycles. The van der Waals surface area contributed by atoms with Crippen LogP contribution in [0.1, 0.15) is 10.5 Å². The van der Waals surface area contributed by atoms with Crippen LogP contribution in [0.5, 0.6) is 0 Å². The number of rotatable bonds is 1. The van der Waals surface area contributed by atoms with Crippen LogP contribution >= 0.6 is 0 Å². The van der Waals surface area contributed by atoms with Gasteiger partial charge in [0.25, 0.3) is 0 Å². The van der Waals surface area contributed by atoms with E-state index in [1.807, 2.05) is 0 Å². The number of aromatic amines is 1. The minimum atomic E-state index is -1.16. The fourth-order valence-electron chi connectivity index (χ4n) is 1.12. The molecule has 0 fully saturated rings. The molecule has 0 radical (unpaired) electrons. The monoisotopic (exact) mass is 179 g/mol. The normalized spacial score (nSPS) is 10.5. The van der Waals surface area contributed by atoms with Crippen molar-refractivity contribution in [2.75, 3.05) is 0 Å². The summed E-state index contributed by atoms with van der Waals surface area (Å²) in [5.41, 5.74) is -0.353. The van der Waals surface area contributed by atoms with Gasteiger partial charge in [0, 0.05) is 0 Å². The number of aromatic nitrogens is 3. The van der Waals surface area contributed by atoms with Crippen LogP contribution in [0.4, 0.5) is 0 Å². The van der Waals surface area contributed by atoms with Crippen LogP contribution in [0.3, 0.4) is 0 Å². The lowest BCUT2D eigenvalue weighted by Gasteiger charge is -1.95. The second-order valence-corrected chi connectivity index (χ2v) is 2.44. The second-order valence-electron chi connectivity index (χ2n) is 2.44. The average molecular weight is 179 g/mol. The van der Waals surface area contributed by atoms with E-state index in [1.54, 1.807) is 6.07 Å². The second kappa shape index (κ2) is 2.44. The van der Waals surface area contributed by atoms with E-state index in [-0.39, 0.29) is 5.69 Å². The lowest BCUT2D eigenvalue weighted by Crippen LogP contribution is -2.16. The van der Waals surface area contributed by atoms with Crippen molar-refractivity contribution in [2.24, 2.45) is 0 Å². The molecule has 0 amide bonds. The summed E-state index contributed by atoms with van der Waals surface area (Å²) in [5.74, 6) is -1.16. The summed E-state index contributed by atoms with van der Waals surface area (Å²) in [6, 6.07) is 4.41. The zero-order valence-corrected chi connectivity index (χ0v) is 6.39. The maximum absolute atomic E-state index is 11.1. The van der Waals surface area contributed by atoms with Gasteiger partial charge in [-0.3, -0.25) is 0 Å². The summed E-state index contributed by atoms with van der Waals surface area (Å²) < 4.78 is 1.00. The molecule has 2 aromatic rings. The Morgan fingerprint density at radius 3 is 3.00 bits per heavy atom. The Morgan fingerprint density at radius 1 is 1.54 bits per heavy atom. The summed E-state index contributed by atoms with van der Waals surface area (Å²) in [7, 11) is 0. The van der Waals surface area contributed by atoms with E-state index in [1.165, 1.54) is 12.1 Å². The Morgan fingerprint density at radius 2 is 2.31 bits per heavy atom. The summed E-state index contributed by atoms with van der Waals surface area (Å²) >= 11 is 0. The number of H-pyrrole nitrogens is 1. The van der Waals surface area contributed by atoms with Crippen molar-refractivity contribution in [3.63, 3.8) is 0 Å². The highest BCUT2D eigenvalue weighted by atomic mass is 16.4. The van der Waals surface area contributed by atoms with Crippen LogP contribution in [0.2, 0.25) is 0 Å². The molecular formula is C7H5N3O3. The van der Waals surface area contributed by atoms with Gasteiger partial charge in [-0.05, 0) is 12.1 Å².